The average molecular weight is 254 g/mol. The predicted octanol–water partition coefficient (Wildman–Crippen LogP) is 0.313. The van der Waals surface area contributed by atoms with Gasteiger partial charge in [0.15, 0.2) is 6.10 Å². The van der Waals surface area contributed by atoms with Crippen LogP contribution >= 0.6 is 0 Å². The molecule has 0 aromatic carbocycles. The van der Waals surface area contributed by atoms with E-state index in [-0.39, 0.29) is 12.2 Å². The van der Waals surface area contributed by atoms with Crippen LogP contribution in [0.15, 0.2) is 23.8 Å². The summed E-state index contributed by atoms with van der Waals surface area (Å²) in [4.78, 5) is 11.1. The minimum Gasteiger partial charge on any atom is -0.455 e. The van der Waals surface area contributed by atoms with Crippen LogP contribution in [-0.4, -0.2) is 46.2 Å². The second kappa shape index (κ2) is 4.50. The largest absolute Gasteiger partial charge is 0.455 e. The van der Waals surface area contributed by atoms with Gasteiger partial charge in [0.2, 0.25) is 0 Å². The summed E-state index contributed by atoms with van der Waals surface area (Å²) in [6, 6.07) is 0. The second-order valence-electron chi connectivity index (χ2n) is 5.24. The van der Waals surface area contributed by atoms with Crippen molar-refractivity contribution in [2.24, 2.45) is 0 Å². The van der Waals surface area contributed by atoms with Crippen LogP contribution in [-0.2, 0) is 14.3 Å². The van der Waals surface area contributed by atoms with Crippen molar-refractivity contribution in [1.82, 2.24) is 0 Å². The number of fused-ring (bicyclic) bond motifs is 1. The molecule has 2 N–H and O–H groups in total. The average Bonchev–Trinajstić information content (AvgIpc) is 2.98. The maximum Gasteiger partial charge on any atom is 0.303 e. The number of hydrogen-bond acceptors (Lipinski definition) is 5. The normalized spacial score (nSPS) is 35.1. The highest BCUT2D eigenvalue weighted by atomic mass is 16.6. The van der Waals surface area contributed by atoms with Crippen LogP contribution in [0.5, 0.6) is 0 Å². The first-order chi connectivity index (χ1) is 8.28. The third-order valence-corrected chi connectivity index (χ3v) is 2.86. The molecule has 2 rings (SSSR count). The molecule has 1 aliphatic carbocycles. The van der Waals surface area contributed by atoms with Crippen molar-refractivity contribution in [2.45, 2.75) is 50.8 Å². The molecule has 1 aliphatic heterocycles. The van der Waals surface area contributed by atoms with Gasteiger partial charge >= 0.3 is 5.97 Å². The topological polar surface area (TPSA) is 79.3 Å². The number of aliphatic hydroxyl groups excluding tert-OH is 1. The standard InChI is InChI=1S/C13H18O5/c1-7(14)17-10-8(4-5-13(2,3)16)6-9(15)11-12(10)18-11/h4-6,9-12,15-16H,1-3H3/b5-4+/t9-,10+,11+,12-/m1/s1. The lowest BCUT2D eigenvalue weighted by atomic mass is 9.93. The molecule has 5 nitrogen and oxygen atoms in total. The molecule has 0 amide bonds. The summed E-state index contributed by atoms with van der Waals surface area (Å²) in [5.74, 6) is -0.395. The molecular formula is C13H18O5. The number of hydrogen-bond donors (Lipinski definition) is 2. The second-order valence-corrected chi connectivity index (χ2v) is 5.24. The molecule has 0 spiro atoms. The molecule has 0 unspecified atom stereocenters. The molecule has 0 aromatic rings. The highest BCUT2D eigenvalue weighted by Gasteiger charge is 2.54. The first kappa shape index (κ1) is 13.3. The van der Waals surface area contributed by atoms with Gasteiger partial charge in [-0.15, -0.1) is 0 Å². The maximum atomic E-state index is 11.1. The SMILES string of the molecule is CC(=O)O[C@H]1C(/C=C/C(C)(C)O)=C[C@@H](O)[C@@H]2O[C@@H]21. The summed E-state index contributed by atoms with van der Waals surface area (Å²) >= 11 is 0. The predicted molar refractivity (Wildman–Crippen MR) is 63.7 cm³/mol. The number of aliphatic hydroxyl groups is 2. The van der Waals surface area contributed by atoms with E-state index in [0.717, 1.165) is 0 Å². The smallest absolute Gasteiger partial charge is 0.303 e. The lowest BCUT2D eigenvalue weighted by Gasteiger charge is -2.22. The van der Waals surface area contributed by atoms with Crippen molar-refractivity contribution in [3.05, 3.63) is 23.8 Å². The van der Waals surface area contributed by atoms with Crippen molar-refractivity contribution >= 4 is 5.97 Å². The Balaban J connectivity index is 2.18. The number of carbonyl (C=O) groups is 1. The molecule has 0 saturated carbocycles. The Hall–Kier alpha value is -1.17. The van der Waals surface area contributed by atoms with Crippen molar-refractivity contribution < 1.29 is 24.5 Å². The van der Waals surface area contributed by atoms with E-state index in [9.17, 15) is 15.0 Å². The van der Waals surface area contributed by atoms with Gasteiger partial charge in [0.05, 0.1) is 5.60 Å². The van der Waals surface area contributed by atoms with Gasteiger partial charge in [-0.05, 0) is 25.5 Å². The molecule has 4 atom stereocenters. The van der Waals surface area contributed by atoms with Gasteiger partial charge in [-0.25, -0.2) is 0 Å². The monoisotopic (exact) mass is 254 g/mol. The van der Waals surface area contributed by atoms with Crippen LogP contribution in [0.4, 0.5) is 0 Å². The highest BCUT2D eigenvalue weighted by molar-refractivity contribution is 5.67. The molecule has 1 fully saturated rings. The van der Waals surface area contributed by atoms with E-state index < -0.39 is 23.8 Å². The third-order valence-electron chi connectivity index (χ3n) is 2.86. The number of carbonyl (C=O) groups excluding carboxylic acids is 1. The van der Waals surface area contributed by atoms with Crippen LogP contribution in [0, 0.1) is 0 Å². The summed E-state index contributed by atoms with van der Waals surface area (Å²) in [7, 11) is 0. The van der Waals surface area contributed by atoms with E-state index in [4.69, 9.17) is 9.47 Å². The Morgan fingerprint density at radius 3 is 2.72 bits per heavy atom. The molecule has 1 heterocycles. The zero-order chi connectivity index (χ0) is 13.5. The lowest BCUT2D eigenvalue weighted by Crippen LogP contribution is -2.33. The van der Waals surface area contributed by atoms with Crippen LogP contribution in [0.3, 0.4) is 0 Å². The van der Waals surface area contributed by atoms with Crippen molar-refractivity contribution in [3.63, 3.8) is 0 Å². The lowest BCUT2D eigenvalue weighted by molar-refractivity contribution is -0.145. The summed E-state index contributed by atoms with van der Waals surface area (Å²) in [6.07, 6.45) is 3.09. The fourth-order valence-corrected chi connectivity index (χ4v) is 2.00. The Kier molecular flexibility index (Phi) is 3.31. The quantitative estimate of drug-likeness (QED) is 0.560. The Labute approximate surface area is 106 Å². The van der Waals surface area contributed by atoms with Gasteiger partial charge in [-0.2, -0.15) is 0 Å². The van der Waals surface area contributed by atoms with Crippen LogP contribution in [0.1, 0.15) is 20.8 Å². The fraction of sp³-hybridized carbons (Fsp3) is 0.615. The van der Waals surface area contributed by atoms with Gasteiger partial charge in [0.25, 0.3) is 0 Å². The van der Waals surface area contributed by atoms with Gasteiger partial charge < -0.3 is 19.7 Å². The summed E-state index contributed by atoms with van der Waals surface area (Å²) < 4.78 is 10.5. The Bertz CT molecular complexity index is 404. The van der Waals surface area contributed by atoms with Gasteiger partial charge in [-0.1, -0.05) is 12.2 Å². The van der Waals surface area contributed by atoms with Gasteiger partial charge in [0, 0.05) is 6.92 Å². The minimum atomic E-state index is -0.964. The summed E-state index contributed by atoms with van der Waals surface area (Å²) in [6.45, 7) is 4.61. The first-order valence-electron chi connectivity index (χ1n) is 5.92. The third kappa shape index (κ3) is 2.98. The zero-order valence-corrected chi connectivity index (χ0v) is 10.7. The summed E-state index contributed by atoms with van der Waals surface area (Å²) in [5.41, 5.74) is -0.313. The molecule has 2 aliphatic rings. The molecular weight excluding hydrogens is 236 g/mol. The Morgan fingerprint density at radius 2 is 2.17 bits per heavy atom. The number of epoxide rings is 1. The van der Waals surface area contributed by atoms with Gasteiger partial charge in [0.1, 0.15) is 18.3 Å². The maximum absolute atomic E-state index is 11.1. The van der Waals surface area contributed by atoms with Crippen molar-refractivity contribution in [1.29, 1.82) is 0 Å². The molecule has 18 heavy (non-hydrogen) atoms. The number of ether oxygens (including phenoxy) is 2. The summed E-state index contributed by atoms with van der Waals surface area (Å²) in [5, 5.41) is 19.4. The first-order valence-corrected chi connectivity index (χ1v) is 5.92. The molecule has 1 saturated heterocycles. The van der Waals surface area contributed by atoms with E-state index >= 15 is 0 Å². The van der Waals surface area contributed by atoms with E-state index in [0.29, 0.717) is 5.57 Å². The fourth-order valence-electron chi connectivity index (χ4n) is 2.00. The minimum absolute atomic E-state index is 0.282. The van der Waals surface area contributed by atoms with Crippen LogP contribution in [0.2, 0.25) is 0 Å². The van der Waals surface area contributed by atoms with Crippen LogP contribution in [0.25, 0.3) is 0 Å². The number of rotatable bonds is 3. The van der Waals surface area contributed by atoms with E-state index in [2.05, 4.69) is 0 Å². The Morgan fingerprint density at radius 1 is 1.50 bits per heavy atom. The van der Waals surface area contributed by atoms with E-state index in [1.165, 1.54) is 6.92 Å². The zero-order valence-electron chi connectivity index (χ0n) is 10.7. The van der Waals surface area contributed by atoms with Crippen LogP contribution < -0.4 is 0 Å². The van der Waals surface area contributed by atoms with E-state index in [1.807, 2.05) is 0 Å². The molecule has 0 bridgehead atoms. The van der Waals surface area contributed by atoms with E-state index in [1.54, 1.807) is 32.1 Å². The molecule has 0 radical (unpaired) electrons. The molecule has 100 valence electrons. The van der Waals surface area contributed by atoms with Gasteiger partial charge in [-0.3, -0.25) is 4.79 Å². The number of esters is 1. The van der Waals surface area contributed by atoms with Crippen molar-refractivity contribution in [3.8, 4) is 0 Å². The highest BCUT2D eigenvalue weighted by Crippen LogP contribution is 2.39. The molecule has 0 aromatic heterocycles. The molecule has 5 heteroatoms. The van der Waals surface area contributed by atoms with Crippen molar-refractivity contribution in [2.75, 3.05) is 0 Å².